The van der Waals surface area contributed by atoms with Crippen molar-refractivity contribution in [2.45, 2.75) is 19.8 Å². The maximum atomic E-state index is 4.32. The van der Waals surface area contributed by atoms with Crippen LogP contribution in [0.2, 0.25) is 0 Å². The van der Waals surface area contributed by atoms with E-state index in [9.17, 15) is 0 Å². The molecule has 66 valence electrons. The molecule has 0 bridgehead atoms. The standard InChI is InChI=1S/C9H12BrNS/c1-7-4-9(7,6-10)5-8-11-2-3-12-8/h2-3,7H,4-6H2,1H3. The molecule has 0 radical (unpaired) electrons. The predicted octanol–water partition coefficient (Wildman–Crippen LogP) is 3.11. The smallest absolute Gasteiger partial charge is 0.0930 e. The summed E-state index contributed by atoms with van der Waals surface area (Å²) in [6, 6.07) is 0. The summed E-state index contributed by atoms with van der Waals surface area (Å²) < 4.78 is 0. The second-order valence-corrected chi connectivity index (χ2v) is 5.24. The van der Waals surface area contributed by atoms with Gasteiger partial charge in [0, 0.05) is 23.3 Å². The first kappa shape index (κ1) is 8.70. The average Bonchev–Trinajstić information content (AvgIpc) is 2.51. The van der Waals surface area contributed by atoms with Crippen molar-refractivity contribution < 1.29 is 0 Å². The van der Waals surface area contributed by atoms with Crippen LogP contribution in [0.3, 0.4) is 0 Å². The zero-order valence-corrected chi connectivity index (χ0v) is 9.49. The lowest BCUT2D eigenvalue weighted by Gasteiger charge is -2.09. The van der Waals surface area contributed by atoms with E-state index in [2.05, 4.69) is 33.2 Å². The van der Waals surface area contributed by atoms with Gasteiger partial charge in [0.25, 0.3) is 0 Å². The van der Waals surface area contributed by atoms with Crippen molar-refractivity contribution in [3.63, 3.8) is 0 Å². The lowest BCUT2D eigenvalue weighted by Crippen LogP contribution is -2.08. The van der Waals surface area contributed by atoms with E-state index in [0.717, 1.165) is 17.7 Å². The third-order valence-electron chi connectivity index (χ3n) is 2.85. The van der Waals surface area contributed by atoms with Crippen LogP contribution in [0.1, 0.15) is 18.4 Å². The molecule has 1 aliphatic carbocycles. The number of nitrogens with zero attached hydrogens (tertiary/aromatic N) is 1. The van der Waals surface area contributed by atoms with Gasteiger partial charge in [-0.2, -0.15) is 0 Å². The second kappa shape index (κ2) is 3.11. The van der Waals surface area contributed by atoms with Gasteiger partial charge in [-0.15, -0.1) is 11.3 Å². The van der Waals surface area contributed by atoms with E-state index in [1.54, 1.807) is 11.3 Å². The number of thiazole rings is 1. The van der Waals surface area contributed by atoms with E-state index in [0.29, 0.717) is 5.41 Å². The van der Waals surface area contributed by atoms with Gasteiger partial charge in [-0.3, -0.25) is 0 Å². The summed E-state index contributed by atoms with van der Waals surface area (Å²) in [5.74, 6) is 0.876. The molecule has 0 aliphatic heterocycles. The average molecular weight is 246 g/mol. The van der Waals surface area contributed by atoms with Crippen LogP contribution >= 0.6 is 27.3 Å². The van der Waals surface area contributed by atoms with E-state index < -0.39 is 0 Å². The third kappa shape index (κ3) is 1.44. The molecule has 1 aromatic rings. The summed E-state index contributed by atoms with van der Waals surface area (Å²) in [4.78, 5) is 4.32. The largest absolute Gasteiger partial charge is 0.250 e. The Morgan fingerprint density at radius 1 is 1.83 bits per heavy atom. The van der Waals surface area contributed by atoms with Crippen molar-refractivity contribution in [1.82, 2.24) is 4.98 Å². The van der Waals surface area contributed by atoms with Crippen LogP contribution in [0.4, 0.5) is 0 Å². The highest BCUT2D eigenvalue weighted by atomic mass is 79.9. The number of hydrogen-bond donors (Lipinski definition) is 0. The van der Waals surface area contributed by atoms with Crippen molar-refractivity contribution in [3.05, 3.63) is 16.6 Å². The van der Waals surface area contributed by atoms with Gasteiger partial charge in [-0.1, -0.05) is 22.9 Å². The first-order valence-electron chi connectivity index (χ1n) is 4.21. The maximum absolute atomic E-state index is 4.32. The molecule has 2 atom stereocenters. The fourth-order valence-corrected chi connectivity index (χ4v) is 3.42. The van der Waals surface area contributed by atoms with Crippen LogP contribution in [0, 0.1) is 11.3 Å². The van der Waals surface area contributed by atoms with Gasteiger partial charge in [0.15, 0.2) is 0 Å². The molecule has 1 saturated carbocycles. The van der Waals surface area contributed by atoms with Crippen LogP contribution in [0.5, 0.6) is 0 Å². The molecule has 2 rings (SSSR count). The molecule has 0 amide bonds. The van der Waals surface area contributed by atoms with Gasteiger partial charge in [0.05, 0.1) is 5.01 Å². The van der Waals surface area contributed by atoms with Crippen molar-refractivity contribution in [3.8, 4) is 0 Å². The molecule has 0 aromatic carbocycles. The molecule has 0 saturated heterocycles. The molecular weight excluding hydrogens is 234 g/mol. The van der Waals surface area contributed by atoms with Crippen molar-refractivity contribution in [2.24, 2.45) is 11.3 Å². The SMILES string of the molecule is CC1CC1(CBr)Cc1nccs1. The summed E-state index contributed by atoms with van der Waals surface area (Å²) >= 11 is 5.37. The highest BCUT2D eigenvalue weighted by molar-refractivity contribution is 9.09. The van der Waals surface area contributed by atoms with Gasteiger partial charge < -0.3 is 0 Å². The summed E-state index contributed by atoms with van der Waals surface area (Å²) in [5, 5.41) is 4.48. The molecule has 1 nitrogen and oxygen atoms in total. The van der Waals surface area contributed by atoms with Gasteiger partial charge in [0.1, 0.15) is 0 Å². The van der Waals surface area contributed by atoms with Gasteiger partial charge in [-0.05, 0) is 17.8 Å². The maximum Gasteiger partial charge on any atom is 0.0930 e. The number of aromatic nitrogens is 1. The number of rotatable bonds is 3. The summed E-state index contributed by atoms with van der Waals surface area (Å²) in [7, 11) is 0. The zero-order chi connectivity index (χ0) is 8.60. The lowest BCUT2D eigenvalue weighted by molar-refractivity contribution is 0.531. The topological polar surface area (TPSA) is 12.9 Å². The number of halogens is 1. The minimum Gasteiger partial charge on any atom is -0.250 e. The Kier molecular flexibility index (Phi) is 2.25. The minimum atomic E-state index is 0.540. The Hall–Kier alpha value is 0.110. The highest BCUT2D eigenvalue weighted by Gasteiger charge is 2.50. The Labute approximate surface area is 85.3 Å². The first-order valence-corrected chi connectivity index (χ1v) is 6.21. The fraction of sp³-hybridized carbons (Fsp3) is 0.667. The van der Waals surface area contributed by atoms with E-state index in [4.69, 9.17) is 0 Å². The van der Waals surface area contributed by atoms with Crippen LogP contribution in [-0.4, -0.2) is 10.3 Å². The Morgan fingerprint density at radius 3 is 3.00 bits per heavy atom. The molecule has 1 fully saturated rings. The van der Waals surface area contributed by atoms with Crippen molar-refractivity contribution in [1.29, 1.82) is 0 Å². The van der Waals surface area contributed by atoms with Gasteiger partial charge in [-0.25, -0.2) is 4.98 Å². The summed E-state index contributed by atoms with van der Waals surface area (Å²) in [5.41, 5.74) is 0.540. The first-order chi connectivity index (χ1) is 5.77. The molecule has 3 heteroatoms. The molecule has 1 heterocycles. The van der Waals surface area contributed by atoms with E-state index in [1.165, 1.54) is 11.4 Å². The highest BCUT2D eigenvalue weighted by Crippen LogP contribution is 2.55. The number of hydrogen-bond acceptors (Lipinski definition) is 2. The Balaban J connectivity index is 2.04. The molecule has 0 spiro atoms. The molecule has 1 aliphatic rings. The molecule has 0 N–H and O–H groups in total. The second-order valence-electron chi connectivity index (χ2n) is 3.70. The van der Waals surface area contributed by atoms with Gasteiger partial charge in [0.2, 0.25) is 0 Å². The summed E-state index contributed by atoms with van der Waals surface area (Å²) in [6.07, 6.45) is 4.42. The fourth-order valence-electron chi connectivity index (χ4n) is 1.67. The van der Waals surface area contributed by atoms with E-state index in [-0.39, 0.29) is 0 Å². The molecule has 12 heavy (non-hydrogen) atoms. The van der Waals surface area contributed by atoms with Crippen LogP contribution in [0.25, 0.3) is 0 Å². The normalized spacial score (nSPS) is 33.7. The minimum absolute atomic E-state index is 0.540. The zero-order valence-electron chi connectivity index (χ0n) is 7.09. The predicted molar refractivity (Wildman–Crippen MR) is 55.8 cm³/mol. The summed E-state index contributed by atoms with van der Waals surface area (Å²) in [6.45, 7) is 2.33. The van der Waals surface area contributed by atoms with E-state index >= 15 is 0 Å². The van der Waals surface area contributed by atoms with E-state index in [1.807, 2.05) is 6.20 Å². The Morgan fingerprint density at radius 2 is 2.58 bits per heavy atom. The quantitative estimate of drug-likeness (QED) is 0.747. The molecule has 2 unspecified atom stereocenters. The van der Waals surface area contributed by atoms with Crippen molar-refractivity contribution in [2.75, 3.05) is 5.33 Å². The third-order valence-corrected chi connectivity index (χ3v) is 4.75. The van der Waals surface area contributed by atoms with Crippen LogP contribution in [0.15, 0.2) is 11.6 Å². The monoisotopic (exact) mass is 245 g/mol. The number of alkyl halides is 1. The lowest BCUT2D eigenvalue weighted by atomic mass is 10.0. The molecule has 1 aromatic heterocycles. The molecular formula is C9H12BrNS. The van der Waals surface area contributed by atoms with Crippen LogP contribution in [-0.2, 0) is 6.42 Å². The van der Waals surface area contributed by atoms with Gasteiger partial charge >= 0.3 is 0 Å². The Bertz CT molecular complexity index is 256. The van der Waals surface area contributed by atoms with Crippen LogP contribution < -0.4 is 0 Å². The van der Waals surface area contributed by atoms with Crippen molar-refractivity contribution >= 4 is 27.3 Å².